The maximum Gasteiger partial charge on any atom is 0.119 e. The van der Waals surface area contributed by atoms with Gasteiger partial charge in [-0.3, -0.25) is 9.11 Å². The first-order valence-corrected chi connectivity index (χ1v) is 9.62. The van der Waals surface area contributed by atoms with Crippen molar-refractivity contribution in [1.82, 2.24) is 4.90 Å². The third-order valence-electron chi connectivity index (χ3n) is 4.33. The third-order valence-corrected chi connectivity index (χ3v) is 5.26. The molecule has 2 aromatic rings. The monoisotopic (exact) mass is 329 g/mol. The van der Waals surface area contributed by atoms with E-state index < -0.39 is 10.8 Å². The average Bonchev–Trinajstić information content (AvgIpc) is 3.01. The molecule has 23 heavy (non-hydrogen) atoms. The van der Waals surface area contributed by atoms with Crippen molar-refractivity contribution in [2.45, 2.75) is 30.3 Å². The van der Waals surface area contributed by atoms with Crippen molar-refractivity contribution in [3.05, 3.63) is 60.2 Å². The predicted octanol–water partition coefficient (Wildman–Crippen LogP) is 3.47. The molecule has 1 fully saturated rings. The number of rotatable bonds is 6. The third kappa shape index (κ3) is 4.43. The minimum Gasteiger partial charge on any atom is -0.492 e. The number of likely N-dealkylation sites (tertiary alicyclic amines) is 1. The summed E-state index contributed by atoms with van der Waals surface area (Å²) in [7, 11) is -0.906. The quantitative estimate of drug-likeness (QED) is 0.813. The second-order valence-electron chi connectivity index (χ2n) is 5.99. The molecule has 0 aliphatic carbocycles. The average molecular weight is 329 g/mol. The number of ether oxygens (including phenoxy) is 1. The first-order chi connectivity index (χ1) is 11.2. The highest BCUT2D eigenvalue weighted by Crippen LogP contribution is 2.22. The molecule has 1 heterocycles. The van der Waals surface area contributed by atoms with Crippen molar-refractivity contribution in [2.24, 2.45) is 0 Å². The lowest BCUT2D eigenvalue weighted by atomic mass is 10.2. The molecule has 0 bridgehead atoms. The van der Waals surface area contributed by atoms with Gasteiger partial charge in [-0.25, -0.2) is 0 Å². The van der Waals surface area contributed by atoms with Gasteiger partial charge in [0.15, 0.2) is 0 Å². The molecule has 0 unspecified atom stereocenters. The largest absolute Gasteiger partial charge is 0.492 e. The molecule has 0 aromatic heterocycles. The fourth-order valence-corrected chi connectivity index (χ4v) is 3.54. The zero-order valence-electron chi connectivity index (χ0n) is 13.5. The Morgan fingerprint density at radius 2 is 1.87 bits per heavy atom. The van der Waals surface area contributed by atoms with Crippen molar-refractivity contribution in [3.8, 4) is 5.75 Å². The standard InChI is InChI=1S/C19H23NO2S/c1-23(21)19-11-9-16(10-12-19)14-20-13-5-6-17(20)15-22-18-7-3-2-4-8-18/h2-4,7-12,17H,5-6,13-15H2,1H3/t17-,23+/m1/s1. The van der Waals surface area contributed by atoms with Crippen molar-refractivity contribution in [1.29, 1.82) is 0 Å². The van der Waals surface area contributed by atoms with E-state index in [4.69, 9.17) is 4.74 Å². The van der Waals surface area contributed by atoms with Gasteiger partial charge in [-0.15, -0.1) is 0 Å². The molecular weight excluding hydrogens is 306 g/mol. The molecule has 0 amide bonds. The predicted molar refractivity (Wildman–Crippen MR) is 94.1 cm³/mol. The van der Waals surface area contributed by atoms with Gasteiger partial charge in [0.1, 0.15) is 12.4 Å². The van der Waals surface area contributed by atoms with Gasteiger partial charge < -0.3 is 4.74 Å². The van der Waals surface area contributed by atoms with E-state index in [2.05, 4.69) is 17.0 Å². The summed E-state index contributed by atoms with van der Waals surface area (Å²) in [6.45, 7) is 2.78. The van der Waals surface area contributed by atoms with E-state index in [1.807, 2.05) is 42.5 Å². The summed E-state index contributed by atoms with van der Waals surface area (Å²) in [5.41, 5.74) is 1.27. The molecule has 1 aliphatic heterocycles. The molecule has 2 aromatic carbocycles. The Labute approximate surface area is 140 Å². The molecule has 2 atom stereocenters. The molecule has 3 rings (SSSR count). The summed E-state index contributed by atoms with van der Waals surface area (Å²) in [4.78, 5) is 3.38. The van der Waals surface area contributed by atoms with Crippen molar-refractivity contribution in [2.75, 3.05) is 19.4 Å². The van der Waals surface area contributed by atoms with Crippen LogP contribution in [0.2, 0.25) is 0 Å². The normalized spacial score (nSPS) is 19.6. The minimum atomic E-state index is -0.906. The van der Waals surface area contributed by atoms with Gasteiger partial charge in [-0.2, -0.15) is 0 Å². The molecule has 122 valence electrons. The summed E-state index contributed by atoms with van der Waals surface area (Å²) in [6.07, 6.45) is 4.12. The molecule has 3 nitrogen and oxygen atoms in total. The van der Waals surface area contributed by atoms with Crippen molar-refractivity contribution >= 4 is 10.8 Å². The Balaban J connectivity index is 1.57. The van der Waals surface area contributed by atoms with Crippen LogP contribution in [0.3, 0.4) is 0 Å². The SMILES string of the molecule is C[S@](=O)c1ccc(CN2CCC[C@@H]2COc2ccccc2)cc1. The highest BCUT2D eigenvalue weighted by molar-refractivity contribution is 7.84. The fourth-order valence-electron chi connectivity index (χ4n) is 3.02. The smallest absolute Gasteiger partial charge is 0.119 e. The fraction of sp³-hybridized carbons (Fsp3) is 0.368. The van der Waals surface area contributed by atoms with E-state index in [0.717, 1.165) is 30.3 Å². The Hall–Kier alpha value is -1.65. The summed E-state index contributed by atoms with van der Waals surface area (Å²) < 4.78 is 17.4. The Bertz CT molecular complexity index is 642. The van der Waals surface area contributed by atoms with Crippen LogP contribution < -0.4 is 4.74 Å². The van der Waals surface area contributed by atoms with Crippen molar-refractivity contribution in [3.63, 3.8) is 0 Å². The lowest BCUT2D eigenvalue weighted by molar-refractivity contribution is 0.167. The van der Waals surface area contributed by atoms with Crippen LogP contribution in [-0.2, 0) is 17.3 Å². The first-order valence-electron chi connectivity index (χ1n) is 8.06. The number of hydrogen-bond acceptors (Lipinski definition) is 3. The molecular formula is C19H23NO2S. The van der Waals surface area contributed by atoms with Gasteiger partial charge in [-0.05, 0) is 49.2 Å². The van der Waals surface area contributed by atoms with Crippen LogP contribution in [0, 0.1) is 0 Å². The summed E-state index contributed by atoms with van der Waals surface area (Å²) >= 11 is 0. The second-order valence-corrected chi connectivity index (χ2v) is 7.37. The molecule has 1 saturated heterocycles. The van der Waals surface area contributed by atoms with Crippen LogP contribution in [-0.4, -0.2) is 34.6 Å². The van der Waals surface area contributed by atoms with Gasteiger partial charge in [-0.1, -0.05) is 30.3 Å². The summed E-state index contributed by atoms with van der Waals surface area (Å²) in [5.74, 6) is 0.939. The molecule has 0 spiro atoms. The van der Waals surface area contributed by atoms with Gasteiger partial charge in [0, 0.05) is 34.5 Å². The van der Waals surface area contributed by atoms with Crippen LogP contribution in [0.15, 0.2) is 59.5 Å². The Morgan fingerprint density at radius 1 is 1.13 bits per heavy atom. The molecule has 1 aliphatic rings. The molecule has 0 N–H and O–H groups in total. The van der Waals surface area contributed by atoms with Crippen LogP contribution in [0.25, 0.3) is 0 Å². The van der Waals surface area contributed by atoms with E-state index in [-0.39, 0.29) is 0 Å². The summed E-state index contributed by atoms with van der Waals surface area (Å²) in [5, 5.41) is 0. The highest BCUT2D eigenvalue weighted by atomic mass is 32.2. The van der Waals surface area contributed by atoms with Gasteiger partial charge >= 0.3 is 0 Å². The zero-order chi connectivity index (χ0) is 16.1. The Morgan fingerprint density at radius 3 is 2.57 bits per heavy atom. The highest BCUT2D eigenvalue weighted by Gasteiger charge is 2.25. The topological polar surface area (TPSA) is 29.5 Å². The number of para-hydroxylation sites is 1. The van der Waals surface area contributed by atoms with Crippen LogP contribution >= 0.6 is 0 Å². The van der Waals surface area contributed by atoms with Gasteiger partial charge in [0.05, 0.1) is 0 Å². The minimum absolute atomic E-state index is 0.468. The van der Waals surface area contributed by atoms with Gasteiger partial charge in [0.25, 0.3) is 0 Å². The first kappa shape index (κ1) is 16.2. The van der Waals surface area contributed by atoms with Crippen LogP contribution in [0.1, 0.15) is 18.4 Å². The van der Waals surface area contributed by atoms with E-state index >= 15 is 0 Å². The molecule has 4 heteroatoms. The number of nitrogens with zero attached hydrogens (tertiary/aromatic N) is 1. The lowest BCUT2D eigenvalue weighted by Gasteiger charge is -2.24. The maximum atomic E-state index is 11.5. The van der Waals surface area contributed by atoms with Gasteiger partial charge in [0.2, 0.25) is 0 Å². The zero-order valence-corrected chi connectivity index (χ0v) is 14.3. The van der Waals surface area contributed by atoms with E-state index in [1.54, 1.807) is 6.26 Å². The molecule has 0 saturated carbocycles. The second kappa shape index (κ2) is 7.75. The maximum absolute atomic E-state index is 11.5. The van der Waals surface area contributed by atoms with Crippen molar-refractivity contribution < 1.29 is 8.95 Å². The Kier molecular flexibility index (Phi) is 5.47. The van der Waals surface area contributed by atoms with Crippen LogP contribution in [0.5, 0.6) is 5.75 Å². The van der Waals surface area contributed by atoms with E-state index in [9.17, 15) is 4.21 Å². The van der Waals surface area contributed by atoms with Crippen LogP contribution in [0.4, 0.5) is 0 Å². The lowest BCUT2D eigenvalue weighted by Crippen LogP contribution is -2.33. The molecule has 0 radical (unpaired) electrons. The number of hydrogen-bond donors (Lipinski definition) is 0. The van der Waals surface area contributed by atoms with E-state index in [0.29, 0.717) is 6.04 Å². The summed E-state index contributed by atoms with van der Waals surface area (Å²) in [6, 6.07) is 18.6. The van der Waals surface area contributed by atoms with E-state index in [1.165, 1.54) is 18.4 Å². The number of benzene rings is 2.